The second-order valence-electron chi connectivity index (χ2n) is 5.52. The highest BCUT2D eigenvalue weighted by molar-refractivity contribution is 6.13. The Labute approximate surface area is 125 Å². The van der Waals surface area contributed by atoms with Crippen molar-refractivity contribution in [2.75, 3.05) is 5.32 Å². The van der Waals surface area contributed by atoms with Crippen LogP contribution in [0.15, 0.2) is 30.0 Å². The number of hydrogen-bond donors (Lipinski definition) is 3. The lowest BCUT2D eigenvalue weighted by Gasteiger charge is -2.23. The zero-order valence-electron chi connectivity index (χ0n) is 11.5. The molecule has 0 bridgehead atoms. The molecule has 0 saturated heterocycles. The van der Waals surface area contributed by atoms with Gasteiger partial charge >= 0.3 is 0 Å². The van der Waals surface area contributed by atoms with Gasteiger partial charge in [0.15, 0.2) is 11.6 Å². The van der Waals surface area contributed by atoms with Crippen molar-refractivity contribution in [1.29, 1.82) is 0 Å². The highest BCUT2D eigenvalue weighted by Crippen LogP contribution is 2.47. The molecule has 1 aromatic carbocycles. The van der Waals surface area contributed by atoms with Crippen LogP contribution >= 0.6 is 0 Å². The van der Waals surface area contributed by atoms with Crippen molar-refractivity contribution in [3.63, 3.8) is 0 Å². The summed E-state index contributed by atoms with van der Waals surface area (Å²) >= 11 is 0. The van der Waals surface area contributed by atoms with Gasteiger partial charge in [-0.3, -0.25) is 9.59 Å². The topological polar surface area (TPSA) is 78.4 Å². The molecular formula is C15H14F2N2O3. The van der Waals surface area contributed by atoms with E-state index in [4.69, 9.17) is 5.11 Å². The maximum atomic E-state index is 13.2. The van der Waals surface area contributed by atoms with Crippen molar-refractivity contribution < 1.29 is 23.5 Å². The number of aromatic hydroxyl groups is 1. The number of benzene rings is 1. The van der Waals surface area contributed by atoms with Crippen LogP contribution in [0.5, 0.6) is 5.75 Å². The van der Waals surface area contributed by atoms with Crippen LogP contribution in [0.1, 0.15) is 19.3 Å². The second-order valence-corrected chi connectivity index (χ2v) is 5.52. The number of anilines is 1. The van der Waals surface area contributed by atoms with Crippen LogP contribution in [-0.4, -0.2) is 23.1 Å². The molecule has 7 heteroatoms. The smallest absolute Gasteiger partial charge is 0.240 e. The first-order valence-electron chi connectivity index (χ1n) is 6.88. The number of rotatable bonds is 4. The van der Waals surface area contributed by atoms with Gasteiger partial charge in [-0.25, -0.2) is 8.78 Å². The lowest BCUT2D eigenvalue weighted by atomic mass is 10.0. The SMILES string of the molecule is O=C(NC1=CC[C@H]1F)C1(C(=O)Nc2ccc(O)c(F)c2)CC1. The molecule has 3 rings (SSSR count). The summed E-state index contributed by atoms with van der Waals surface area (Å²) in [6, 6.07) is 3.40. The lowest BCUT2D eigenvalue weighted by molar-refractivity contribution is -0.134. The Bertz CT molecular complexity index is 683. The first kappa shape index (κ1) is 14.5. The lowest BCUT2D eigenvalue weighted by Crippen LogP contribution is -2.42. The highest BCUT2D eigenvalue weighted by Gasteiger charge is 2.57. The summed E-state index contributed by atoms with van der Waals surface area (Å²) in [7, 11) is 0. The van der Waals surface area contributed by atoms with Crippen molar-refractivity contribution in [2.45, 2.75) is 25.4 Å². The van der Waals surface area contributed by atoms with Crippen LogP contribution in [0.4, 0.5) is 14.5 Å². The van der Waals surface area contributed by atoms with Gasteiger partial charge in [-0.1, -0.05) is 6.08 Å². The molecule has 0 spiro atoms. The number of allylic oxidation sites excluding steroid dienone is 2. The molecule has 0 radical (unpaired) electrons. The predicted molar refractivity (Wildman–Crippen MR) is 74.1 cm³/mol. The fourth-order valence-corrected chi connectivity index (χ4v) is 2.22. The molecule has 0 heterocycles. The van der Waals surface area contributed by atoms with Crippen LogP contribution in [-0.2, 0) is 9.59 Å². The molecule has 1 fully saturated rings. The van der Waals surface area contributed by atoms with Crippen LogP contribution in [0.2, 0.25) is 0 Å². The second kappa shape index (κ2) is 5.08. The maximum Gasteiger partial charge on any atom is 0.240 e. The Balaban J connectivity index is 1.68. The fraction of sp³-hybridized carbons (Fsp3) is 0.333. The standard InChI is InChI=1S/C15H14F2N2O3/c16-9-2-3-11(9)19-14(22)15(5-6-15)13(21)18-8-1-4-12(20)10(17)7-8/h1,3-4,7,9,20H,2,5-6H2,(H,18,21)(H,19,22)/t9-/m1/s1. The van der Waals surface area contributed by atoms with Gasteiger partial charge in [0.1, 0.15) is 11.6 Å². The fourth-order valence-electron chi connectivity index (χ4n) is 2.22. The van der Waals surface area contributed by atoms with E-state index in [1.54, 1.807) is 6.08 Å². The van der Waals surface area contributed by atoms with Gasteiger partial charge in [-0.2, -0.15) is 0 Å². The number of alkyl halides is 1. The third kappa shape index (κ3) is 2.43. The van der Waals surface area contributed by atoms with Crippen molar-refractivity contribution in [3.8, 4) is 5.75 Å². The van der Waals surface area contributed by atoms with Gasteiger partial charge in [0.2, 0.25) is 11.8 Å². The van der Waals surface area contributed by atoms with E-state index >= 15 is 0 Å². The Kier molecular flexibility index (Phi) is 3.35. The summed E-state index contributed by atoms with van der Waals surface area (Å²) in [4.78, 5) is 24.4. The first-order chi connectivity index (χ1) is 10.4. The molecule has 2 amide bonds. The Morgan fingerprint density at radius 1 is 1.23 bits per heavy atom. The van der Waals surface area contributed by atoms with Gasteiger partial charge in [0, 0.05) is 23.9 Å². The molecule has 1 saturated carbocycles. The minimum Gasteiger partial charge on any atom is -0.505 e. The van der Waals surface area contributed by atoms with Crippen LogP contribution in [0.3, 0.4) is 0 Å². The normalized spacial score (nSPS) is 21.4. The zero-order chi connectivity index (χ0) is 15.9. The van der Waals surface area contributed by atoms with E-state index in [9.17, 15) is 18.4 Å². The zero-order valence-corrected chi connectivity index (χ0v) is 11.5. The summed E-state index contributed by atoms with van der Waals surface area (Å²) in [5, 5.41) is 14.0. The summed E-state index contributed by atoms with van der Waals surface area (Å²) in [5.41, 5.74) is -0.893. The largest absolute Gasteiger partial charge is 0.505 e. The molecule has 2 aliphatic rings. The molecular weight excluding hydrogens is 294 g/mol. The van der Waals surface area contributed by atoms with E-state index in [0.29, 0.717) is 12.8 Å². The van der Waals surface area contributed by atoms with Crippen LogP contribution in [0, 0.1) is 11.2 Å². The average molecular weight is 308 g/mol. The molecule has 5 nitrogen and oxygen atoms in total. The van der Waals surface area contributed by atoms with E-state index in [1.807, 2.05) is 0 Å². The molecule has 0 unspecified atom stereocenters. The number of hydrogen-bond acceptors (Lipinski definition) is 3. The average Bonchev–Trinajstić information content (AvgIpc) is 3.28. The molecule has 116 valence electrons. The minimum atomic E-state index is -1.23. The summed E-state index contributed by atoms with van der Waals surface area (Å²) < 4.78 is 26.4. The molecule has 3 N–H and O–H groups in total. The Morgan fingerprint density at radius 3 is 2.41 bits per heavy atom. The van der Waals surface area contributed by atoms with Crippen molar-refractivity contribution >= 4 is 17.5 Å². The van der Waals surface area contributed by atoms with E-state index in [2.05, 4.69) is 10.6 Å². The molecule has 1 aromatic rings. The number of phenols is 1. The third-order valence-corrected chi connectivity index (χ3v) is 3.96. The van der Waals surface area contributed by atoms with E-state index in [0.717, 1.165) is 12.1 Å². The van der Waals surface area contributed by atoms with E-state index in [1.165, 1.54) is 6.07 Å². The predicted octanol–water partition coefficient (Wildman–Crippen LogP) is 1.99. The van der Waals surface area contributed by atoms with Crippen molar-refractivity contribution in [3.05, 3.63) is 35.8 Å². The van der Waals surface area contributed by atoms with Crippen LogP contribution < -0.4 is 10.6 Å². The van der Waals surface area contributed by atoms with Gasteiger partial charge in [0.05, 0.1) is 0 Å². The van der Waals surface area contributed by atoms with Gasteiger partial charge in [-0.05, 0) is 25.0 Å². The molecule has 0 aliphatic heterocycles. The minimum absolute atomic E-state index is 0.144. The van der Waals surface area contributed by atoms with Crippen molar-refractivity contribution in [1.82, 2.24) is 5.32 Å². The van der Waals surface area contributed by atoms with Gasteiger partial charge in [-0.15, -0.1) is 0 Å². The molecule has 0 aromatic heterocycles. The van der Waals surface area contributed by atoms with Gasteiger partial charge in [0.25, 0.3) is 0 Å². The van der Waals surface area contributed by atoms with Gasteiger partial charge < -0.3 is 15.7 Å². The van der Waals surface area contributed by atoms with Crippen LogP contribution in [0.25, 0.3) is 0 Å². The Morgan fingerprint density at radius 2 is 1.91 bits per heavy atom. The number of halogens is 2. The van der Waals surface area contributed by atoms with E-state index < -0.39 is 35.0 Å². The molecule has 22 heavy (non-hydrogen) atoms. The first-order valence-corrected chi connectivity index (χ1v) is 6.88. The summed E-state index contributed by atoms with van der Waals surface area (Å²) in [5.74, 6) is -2.50. The number of carbonyl (C=O) groups excluding carboxylic acids is 2. The highest BCUT2D eigenvalue weighted by atomic mass is 19.1. The maximum absolute atomic E-state index is 13.2. The van der Waals surface area contributed by atoms with E-state index in [-0.39, 0.29) is 17.8 Å². The molecule has 2 aliphatic carbocycles. The molecule has 1 atom stereocenters. The number of amides is 2. The number of phenolic OH excluding ortho intramolecular Hbond substituents is 1. The Hall–Kier alpha value is -2.44. The van der Waals surface area contributed by atoms with Crippen molar-refractivity contribution in [2.24, 2.45) is 5.41 Å². The summed E-state index contributed by atoms with van der Waals surface area (Å²) in [6.07, 6.45) is 1.35. The number of nitrogens with one attached hydrogen (secondary N) is 2. The summed E-state index contributed by atoms with van der Waals surface area (Å²) in [6.45, 7) is 0. The third-order valence-electron chi connectivity index (χ3n) is 3.96. The quantitative estimate of drug-likeness (QED) is 0.588. The monoisotopic (exact) mass is 308 g/mol. The number of carbonyl (C=O) groups is 2.